The smallest absolute Gasteiger partial charge is 0.236 e. The van der Waals surface area contributed by atoms with Gasteiger partial charge in [-0.1, -0.05) is 0 Å². The van der Waals surface area contributed by atoms with Crippen LogP contribution in [0.25, 0.3) is 0 Å². The molecule has 2 aliphatic rings. The van der Waals surface area contributed by atoms with Crippen LogP contribution < -0.4 is 5.73 Å². The van der Waals surface area contributed by atoms with Crippen molar-refractivity contribution >= 4 is 11.8 Å². The normalized spacial score (nSPS) is 22.9. The summed E-state index contributed by atoms with van der Waals surface area (Å²) in [6, 6.07) is 0. The number of carbonyl (C=O) groups excluding carboxylic acids is 2. The molecule has 0 saturated carbocycles. The lowest BCUT2D eigenvalue weighted by molar-refractivity contribution is -0.135. The molecule has 2 saturated heterocycles. The van der Waals surface area contributed by atoms with Gasteiger partial charge in [0, 0.05) is 19.0 Å². The average molecular weight is 239 g/mol. The Balaban J connectivity index is 1.75. The number of hydrogen-bond acceptors (Lipinski definition) is 3. The third kappa shape index (κ3) is 3.19. The van der Waals surface area contributed by atoms with E-state index in [2.05, 4.69) is 4.90 Å². The van der Waals surface area contributed by atoms with Crippen LogP contribution in [0, 0.1) is 5.92 Å². The second-order valence-corrected chi connectivity index (χ2v) is 5.04. The predicted octanol–water partition coefficient (Wildman–Crippen LogP) is -0.194. The van der Waals surface area contributed by atoms with Crippen LogP contribution in [0.15, 0.2) is 0 Å². The third-order valence-electron chi connectivity index (χ3n) is 3.81. The number of primary amides is 1. The Hall–Kier alpha value is -1.10. The Bertz CT molecular complexity index is 292. The molecule has 0 spiro atoms. The minimum atomic E-state index is -0.225. The van der Waals surface area contributed by atoms with E-state index in [4.69, 9.17) is 5.73 Å². The fourth-order valence-electron chi connectivity index (χ4n) is 2.65. The summed E-state index contributed by atoms with van der Waals surface area (Å²) in [5.74, 6) is -0.0581. The lowest BCUT2D eigenvalue weighted by atomic mass is 9.96. The van der Waals surface area contributed by atoms with Gasteiger partial charge in [0.2, 0.25) is 11.8 Å². The standard InChI is InChI=1S/C12H21N3O2/c13-12(17)10-3-7-15(8-4-10)11(16)9-14-5-1-2-6-14/h10H,1-9H2,(H2,13,17). The van der Waals surface area contributed by atoms with Crippen LogP contribution in [0.1, 0.15) is 25.7 Å². The summed E-state index contributed by atoms with van der Waals surface area (Å²) >= 11 is 0. The Morgan fingerprint density at radius 2 is 1.65 bits per heavy atom. The quantitative estimate of drug-likeness (QED) is 0.742. The highest BCUT2D eigenvalue weighted by Crippen LogP contribution is 2.17. The van der Waals surface area contributed by atoms with Gasteiger partial charge in [-0.15, -0.1) is 0 Å². The maximum Gasteiger partial charge on any atom is 0.236 e. The fourth-order valence-corrected chi connectivity index (χ4v) is 2.65. The topological polar surface area (TPSA) is 66.6 Å². The molecule has 0 radical (unpaired) electrons. The molecule has 0 bridgehead atoms. The van der Waals surface area contributed by atoms with Gasteiger partial charge in [0.25, 0.3) is 0 Å². The Morgan fingerprint density at radius 1 is 1.06 bits per heavy atom. The summed E-state index contributed by atoms with van der Waals surface area (Å²) in [6.45, 7) is 3.99. The SMILES string of the molecule is NC(=O)C1CCN(C(=O)CN2CCCC2)CC1. The van der Waals surface area contributed by atoms with Crippen LogP contribution in [0.2, 0.25) is 0 Å². The first kappa shape index (κ1) is 12.4. The van der Waals surface area contributed by atoms with Gasteiger partial charge in [0.15, 0.2) is 0 Å². The Kier molecular flexibility index (Phi) is 3.99. The van der Waals surface area contributed by atoms with Crippen LogP contribution in [0.3, 0.4) is 0 Å². The summed E-state index contributed by atoms with van der Waals surface area (Å²) in [6.07, 6.45) is 3.86. The van der Waals surface area contributed by atoms with E-state index in [1.807, 2.05) is 4.90 Å². The Morgan fingerprint density at radius 3 is 2.18 bits per heavy atom. The van der Waals surface area contributed by atoms with Crippen LogP contribution in [-0.2, 0) is 9.59 Å². The van der Waals surface area contributed by atoms with Crippen molar-refractivity contribution in [3.63, 3.8) is 0 Å². The van der Waals surface area contributed by atoms with Crippen molar-refractivity contribution in [2.75, 3.05) is 32.7 Å². The van der Waals surface area contributed by atoms with Crippen molar-refractivity contribution in [2.45, 2.75) is 25.7 Å². The molecule has 5 nitrogen and oxygen atoms in total. The minimum absolute atomic E-state index is 0.0363. The molecule has 17 heavy (non-hydrogen) atoms. The van der Waals surface area contributed by atoms with Crippen molar-refractivity contribution < 1.29 is 9.59 Å². The number of nitrogens with zero attached hydrogens (tertiary/aromatic N) is 2. The lowest BCUT2D eigenvalue weighted by Crippen LogP contribution is -2.45. The minimum Gasteiger partial charge on any atom is -0.369 e. The van der Waals surface area contributed by atoms with Gasteiger partial charge in [-0.3, -0.25) is 14.5 Å². The zero-order valence-electron chi connectivity index (χ0n) is 10.2. The number of amides is 2. The molecule has 0 aliphatic carbocycles. The molecule has 2 aliphatic heterocycles. The zero-order valence-corrected chi connectivity index (χ0v) is 10.2. The molecule has 2 fully saturated rings. The maximum absolute atomic E-state index is 12.0. The fraction of sp³-hybridized carbons (Fsp3) is 0.833. The lowest BCUT2D eigenvalue weighted by Gasteiger charge is -2.31. The molecule has 0 unspecified atom stereocenters. The highest BCUT2D eigenvalue weighted by atomic mass is 16.2. The number of likely N-dealkylation sites (tertiary alicyclic amines) is 2. The molecule has 2 heterocycles. The van der Waals surface area contributed by atoms with Crippen LogP contribution in [0.4, 0.5) is 0 Å². The van der Waals surface area contributed by atoms with Gasteiger partial charge in [-0.2, -0.15) is 0 Å². The second kappa shape index (κ2) is 5.49. The molecule has 2 rings (SSSR count). The van der Waals surface area contributed by atoms with Crippen molar-refractivity contribution in [2.24, 2.45) is 11.7 Å². The first-order valence-corrected chi connectivity index (χ1v) is 6.46. The summed E-state index contributed by atoms with van der Waals surface area (Å²) < 4.78 is 0. The van der Waals surface area contributed by atoms with Gasteiger partial charge in [0.1, 0.15) is 0 Å². The zero-order chi connectivity index (χ0) is 12.3. The van der Waals surface area contributed by atoms with Crippen LogP contribution in [-0.4, -0.2) is 54.3 Å². The molecule has 0 aromatic carbocycles. The molecule has 0 aromatic heterocycles. The summed E-state index contributed by atoms with van der Waals surface area (Å²) in [5, 5.41) is 0. The molecule has 0 aromatic rings. The molecule has 2 amide bonds. The van der Waals surface area contributed by atoms with Crippen molar-refractivity contribution in [1.29, 1.82) is 0 Å². The second-order valence-electron chi connectivity index (χ2n) is 5.04. The van der Waals surface area contributed by atoms with E-state index in [0.717, 1.165) is 25.9 Å². The van der Waals surface area contributed by atoms with Gasteiger partial charge in [-0.05, 0) is 38.8 Å². The van der Waals surface area contributed by atoms with Crippen molar-refractivity contribution in [1.82, 2.24) is 9.80 Å². The number of carbonyl (C=O) groups is 2. The highest BCUT2D eigenvalue weighted by Gasteiger charge is 2.27. The van der Waals surface area contributed by atoms with Gasteiger partial charge < -0.3 is 10.6 Å². The molecule has 2 N–H and O–H groups in total. The number of hydrogen-bond donors (Lipinski definition) is 1. The van der Waals surface area contributed by atoms with Crippen molar-refractivity contribution in [3.8, 4) is 0 Å². The maximum atomic E-state index is 12.0. The monoisotopic (exact) mass is 239 g/mol. The average Bonchev–Trinajstić information content (AvgIpc) is 2.82. The van der Waals surface area contributed by atoms with E-state index in [9.17, 15) is 9.59 Å². The highest BCUT2D eigenvalue weighted by molar-refractivity contribution is 5.80. The van der Waals surface area contributed by atoms with Crippen LogP contribution >= 0.6 is 0 Å². The van der Waals surface area contributed by atoms with E-state index >= 15 is 0 Å². The molecule has 0 atom stereocenters. The van der Waals surface area contributed by atoms with Gasteiger partial charge in [0.05, 0.1) is 6.54 Å². The van der Waals surface area contributed by atoms with Crippen LogP contribution in [0.5, 0.6) is 0 Å². The molecular formula is C12H21N3O2. The van der Waals surface area contributed by atoms with E-state index in [0.29, 0.717) is 19.6 Å². The van der Waals surface area contributed by atoms with Crippen molar-refractivity contribution in [3.05, 3.63) is 0 Å². The van der Waals surface area contributed by atoms with E-state index in [1.165, 1.54) is 12.8 Å². The summed E-state index contributed by atoms with van der Waals surface area (Å²) in [7, 11) is 0. The molecule has 5 heteroatoms. The van der Waals surface area contributed by atoms with E-state index in [-0.39, 0.29) is 17.7 Å². The van der Waals surface area contributed by atoms with E-state index in [1.54, 1.807) is 0 Å². The number of nitrogens with two attached hydrogens (primary N) is 1. The molecular weight excluding hydrogens is 218 g/mol. The van der Waals surface area contributed by atoms with Gasteiger partial charge >= 0.3 is 0 Å². The Labute approximate surface area is 102 Å². The summed E-state index contributed by atoms with van der Waals surface area (Å²) in [4.78, 5) is 27.1. The summed E-state index contributed by atoms with van der Waals surface area (Å²) in [5.41, 5.74) is 5.27. The number of rotatable bonds is 3. The first-order valence-electron chi connectivity index (χ1n) is 6.46. The largest absolute Gasteiger partial charge is 0.369 e. The van der Waals surface area contributed by atoms with Gasteiger partial charge in [-0.25, -0.2) is 0 Å². The molecule has 96 valence electrons. The number of piperidine rings is 1. The predicted molar refractivity (Wildman–Crippen MR) is 64.2 cm³/mol. The van der Waals surface area contributed by atoms with E-state index < -0.39 is 0 Å². The first-order chi connectivity index (χ1) is 8.16. The third-order valence-corrected chi connectivity index (χ3v) is 3.81.